The fourth-order valence-electron chi connectivity index (χ4n) is 3.28. The molecule has 4 nitrogen and oxygen atoms in total. The third-order valence-corrected chi connectivity index (χ3v) is 4.65. The van der Waals surface area contributed by atoms with Gasteiger partial charge in [0.25, 0.3) is 0 Å². The monoisotopic (exact) mass is 326 g/mol. The molecule has 1 rings (SSSR count). The first-order chi connectivity index (χ1) is 11.2. The summed E-state index contributed by atoms with van der Waals surface area (Å²) in [6.07, 6.45) is 11.9. The molecule has 0 amide bonds. The molecule has 2 unspecified atom stereocenters. The molecule has 0 aromatic heterocycles. The molecule has 0 radical (unpaired) electrons. The van der Waals surface area contributed by atoms with Gasteiger partial charge in [-0.1, -0.05) is 58.3 Å². The van der Waals surface area contributed by atoms with E-state index in [-0.39, 0.29) is 23.8 Å². The Hall–Kier alpha value is -1.06. The SMILES string of the molecule is CCCCCCCCCOC(=O)C1CCCCC1C(=O)OCC. The molecule has 0 spiro atoms. The van der Waals surface area contributed by atoms with Crippen LogP contribution in [0.1, 0.15) is 84.5 Å². The van der Waals surface area contributed by atoms with Gasteiger partial charge in [-0.05, 0) is 26.2 Å². The van der Waals surface area contributed by atoms with Crippen LogP contribution in [0.3, 0.4) is 0 Å². The molecule has 1 saturated carbocycles. The molecule has 134 valence electrons. The van der Waals surface area contributed by atoms with Crippen LogP contribution in [-0.2, 0) is 19.1 Å². The maximum atomic E-state index is 12.3. The first-order valence-corrected chi connectivity index (χ1v) is 9.54. The van der Waals surface area contributed by atoms with E-state index in [9.17, 15) is 9.59 Å². The fourth-order valence-corrected chi connectivity index (χ4v) is 3.28. The Morgan fingerprint density at radius 2 is 1.30 bits per heavy atom. The molecular weight excluding hydrogens is 292 g/mol. The van der Waals surface area contributed by atoms with Crippen molar-refractivity contribution >= 4 is 11.9 Å². The first-order valence-electron chi connectivity index (χ1n) is 9.54. The van der Waals surface area contributed by atoms with Crippen molar-refractivity contribution in [2.75, 3.05) is 13.2 Å². The van der Waals surface area contributed by atoms with E-state index in [0.29, 0.717) is 13.2 Å². The Balaban J connectivity index is 2.22. The van der Waals surface area contributed by atoms with Gasteiger partial charge in [-0.15, -0.1) is 0 Å². The highest BCUT2D eigenvalue weighted by Gasteiger charge is 2.37. The number of unbranched alkanes of at least 4 members (excludes halogenated alkanes) is 6. The van der Waals surface area contributed by atoms with E-state index in [2.05, 4.69) is 6.92 Å². The second-order valence-electron chi connectivity index (χ2n) is 6.54. The van der Waals surface area contributed by atoms with E-state index in [1.165, 1.54) is 32.1 Å². The maximum absolute atomic E-state index is 12.3. The van der Waals surface area contributed by atoms with Gasteiger partial charge in [-0.25, -0.2) is 0 Å². The minimum Gasteiger partial charge on any atom is -0.466 e. The number of rotatable bonds is 11. The first kappa shape index (κ1) is 20.0. The third kappa shape index (κ3) is 7.85. The molecule has 2 atom stereocenters. The van der Waals surface area contributed by atoms with Gasteiger partial charge < -0.3 is 9.47 Å². The van der Waals surface area contributed by atoms with Crippen molar-refractivity contribution in [3.05, 3.63) is 0 Å². The number of hydrogen-bond donors (Lipinski definition) is 0. The van der Waals surface area contributed by atoms with Crippen LogP contribution in [0.2, 0.25) is 0 Å². The highest BCUT2D eigenvalue weighted by atomic mass is 16.5. The molecule has 1 fully saturated rings. The number of carbonyl (C=O) groups excluding carboxylic acids is 2. The van der Waals surface area contributed by atoms with Crippen molar-refractivity contribution in [1.29, 1.82) is 0 Å². The lowest BCUT2D eigenvalue weighted by Crippen LogP contribution is -2.35. The van der Waals surface area contributed by atoms with Gasteiger partial charge in [-0.3, -0.25) is 9.59 Å². The van der Waals surface area contributed by atoms with Crippen molar-refractivity contribution in [2.45, 2.75) is 84.5 Å². The van der Waals surface area contributed by atoms with Gasteiger partial charge in [0, 0.05) is 0 Å². The van der Waals surface area contributed by atoms with Crippen molar-refractivity contribution in [3.8, 4) is 0 Å². The molecule has 0 N–H and O–H groups in total. The second kappa shape index (κ2) is 12.4. The average molecular weight is 326 g/mol. The minimum absolute atomic E-state index is 0.200. The smallest absolute Gasteiger partial charge is 0.309 e. The molecule has 0 aromatic carbocycles. The summed E-state index contributed by atoms with van der Waals surface area (Å²) < 4.78 is 10.5. The Labute approximate surface area is 141 Å². The van der Waals surface area contributed by atoms with Crippen molar-refractivity contribution in [1.82, 2.24) is 0 Å². The number of hydrogen-bond acceptors (Lipinski definition) is 4. The normalized spacial score (nSPS) is 21.0. The van der Waals surface area contributed by atoms with Crippen LogP contribution in [-0.4, -0.2) is 25.2 Å². The summed E-state index contributed by atoms with van der Waals surface area (Å²) >= 11 is 0. The van der Waals surface area contributed by atoms with Crippen molar-refractivity contribution in [3.63, 3.8) is 0 Å². The Morgan fingerprint density at radius 3 is 1.87 bits per heavy atom. The Morgan fingerprint density at radius 1 is 0.783 bits per heavy atom. The fraction of sp³-hybridized carbons (Fsp3) is 0.895. The van der Waals surface area contributed by atoms with Crippen LogP contribution in [0, 0.1) is 11.8 Å². The van der Waals surface area contributed by atoms with Gasteiger partial charge in [0.2, 0.25) is 0 Å². The van der Waals surface area contributed by atoms with Crippen LogP contribution in [0.4, 0.5) is 0 Å². The van der Waals surface area contributed by atoms with E-state index in [1.54, 1.807) is 6.92 Å². The van der Waals surface area contributed by atoms with Gasteiger partial charge >= 0.3 is 11.9 Å². The Kier molecular flexibility index (Phi) is 10.8. The van der Waals surface area contributed by atoms with Gasteiger partial charge in [0.1, 0.15) is 0 Å². The Bertz CT molecular complexity index is 340. The van der Waals surface area contributed by atoms with Crippen LogP contribution < -0.4 is 0 Å². The van der Waals surface area contributed by atoms with Crippen LogP contribution in [0.25, 0.3) is 0 Å². The lowest BCUT2D eigenvalue weighted by atomic mass is 9.79. The molecule has 1 aliphatic carbocycles. The van der Waals surface area contributed by atoms with Crippen LogP contribution in [0.5, 0.6) is 0 Å². The molecule has 4 heteroatoms. The quantitative estimate of drug-likeness (QED) is 0.410. The largest absolute Gasteiger partial charge is 0.466 e. The van der Waals surface area contributed by atoms with Crippen LogP contribution in [0.15, 0.2) is 0 Å². The van der Waals surface area contributed by atoms with E-state index in [1.807, 2.05) is 0 Å². The summed E-state index contributed by atoms with van der Waals surface area (Å²) in [6.45, 7) is 4.87. The maximum Gasteiger partial charge on any atom is 0.309 e. The molecule has 0 aromatic rings. The van der Waals surface area contributed by atoms with E-state index in [0.717, 1.165) is 38.5 Å². The molecule has 23 heavy (non-hydrogen) atoms. The highest BCUT2D eigenvalue weighted by molar-refractivity contribution is 5.82. The average Bonchev–Trinajstić information content (AvgIpc) is 2.57. The molecule has 1 aliphatic rings. The van der Waals surface area contributed by atoms with Gasteiger partial charge in [0.05, 0.1) is 25.0 Å². The summed E-state index contributed by atoms with van der Waals surface area (Å²) in [4.78, 5) is 24.2. The summed E-state index contributed by atoms with van der Waals surface area (Å²) in [7, 11) is 0. The van der Waals surface area contributed by atoms with Gasteiger partial charge in [-0.2, -0.15) is 0 Å². The zero-order chi connectivity index (χ0) is 16.9. The highest BCUT2D eigenvalue weighted by Crippen LogP contribution is 2.32. The predicted molar refractivity (Wildman–Crippen MR) is 91.0 cm³/mol. The van der Waals surface area contributed by atoms with E-state index >= 15 is 0 Å². The minimum atomic E-state index is -0.301. The summed E-state index contributed by atoms with van der Waals surface area (Å²) in [6, 6.07) is 0. The molecular formula is C19H34O4. The summed E-state index contributed by atoms with van der Waals surface area (Å²) in [5.41, 5.74) is 0. The summed E-state index contributed by atoms with van der Waals surface area (Å²) in [5, 5.41) is 0. The standard InChI is InChI=1S/C19H34O4/c1-3-5-6-7-8-9-12-15-23-19(21)17-14-11-10-13-16(17)18(20)22-4-2/h16-17H,3-15H2,1-2H3. The lowest BCUT2D eigenvalue weighted by Gasteiger charge is -2.28. The number of esters is 2. The molecule has 0 saturated heterocycles. The molecule has 0 aliphatic heterocycles. The van der Waals surface area contributed by atoms with Gasteiger partial charge in [0.15, 0.2) is 0 Å². The number of ether oxygens (including phenoxy) is 2. The van der Waals surface area contributed by atoms with E-state index < -0.39 is 0 Å². The van der Waals surface area contributed by atoms with Crippen molar-refractivity contribution < 1.29 is 19.1 Å². The zero-order valence-electron chi connectivity index (χ0n) is 15.0. The van der Waals surface area contributed by atoms with Crippen molar-refractivity contribution in [2.24, 2.45) is 11.8 Å². The second-order valence-corrected chi connectivity index (χ2v) is 6.54. The molecule has 0 heterocycles. The third-order valence-electron chi connectivity index (χ3n) is 4.65. The predicted octanol–water partition coefficient (Wildman–Crippen LogP) is 4.65. The topological polar surface area (TPSA) is 52.6 Å². The van der Waals surface area contributed by atoms with Crippen LogP contribution >= 0.6 is 0 Å². The number of carbonyl (C=O) groups is 2. The summed E-state index contributed by atoms with van der Waals surface area (Å²) in [5.74, 6) is -1.03. The zero-order valence-corrected chi connectivity index (χ0v) is 15.0. The lowest BCUT2D eigenvalue weighted by molar-refractivity contribution is -0.162. The molecule has 0 bridgehead atoms. The van der Waals surface area contributed by atoms with E-state index in [4.69, 9.17) is 9.47 Å².